The molecule has 13 heavy (non-hydrogen) atoms. The smallest absolute Gasteiger partial charge is 0.0702 e. The first-order chi connectivity index (χ1) is 6.36. The molecular weight excluding hydrogens is 166 g/mol. The summed E-state index contributed by atoms with van der Waals surface area (Å²) in [7, 11) is 2.18. The van der Waals surface area contributed by atoms with Gasteiger partial charge in [-0.2, -0.15) is 0 Å². The average molecular weight is 185 g/mol. The van der Waals surface area contributed by atoms with Crippen LogP contribution in [0.3, 0.4) is 0 Å². The van der Waals surface area contributed by atoms with Crippen molar-refractivity contribution in [2.75, 3.05) is 33.4 Å². The molecule has 2 saturated heterocycles. The van der Waals surface area contributed by atoms with Crippen molar-refractivity contribution < 1.29 is 9.47 Å². The van der Waals surface area contributed by atoms with Crippen molar-refractivity contribution in [1.29, 1.82) is 0 Å². The van der Waals surface area contributed by atoms with Crippen molar-refractivity contribution in [3.05, 3.63) is 0 Å². The highest BCUT2D eigenvalue weighted by molar-refractivity contribution is 4.77. The Morgan fingerprint density at radius 3 is 2.85 bits per heavy atom. The van der Waals surface area contributed by atoms with Gasteiger partial charge >= 0.3 is 0 Å². The van der Waals surface area contributed by atoms with Crippen molar-refractivity contribution in [3.8, 4) is 0 Å². The van der Waals surface area contributed by atoms with Crippen LogP contribution in [0.2, 0.25) is 0 Å². The lowest BCUT2D eigenvalue weighted by Crippen LogP contribution is -2.37. The summed E-state index contributed by atoms with van der Waals surface area (Å²) in [5.74, 6) is 0. The number of ether oxygens (including phenoxy) is 2. The summed E-state index contributed by atoms with van der Waals surface area (Å²) >= 11 is 0. The van der Waals surface area contributed by atoms with Crippen LogP contribution in [0, 0.1) is 0 Å². The minimum absolute atomic E-state index is 0.477. The summed E-state index contributed by atoms with van der Waals surface area (Å²) in [6.45, 7) is 3.87. The number of hydrogen-bond donors (Lipinski definition) is 0. The molecule has 0 spiro atoms. The summed E-state index contributed by atoms with van der Waals surface area (Å²) in [6.07, 6.45) is 4.13. The fourth-order valence-electron chi connectivity index (χ4n) is 2.13. The molecule has 2 atom stereocenters. The molecule has 0 aromatic rings. The van der Waals surface area contributed by atoms with Gasteiger partial charge < -0.3 is 9.47 Å². The van der Waals surface area contributed by atoms with Crippen molar-refractivity contribution in [2.24, 2.45) is 0 Å². The highest BCUT2D eigenvalue weighted by atomic mass is 16.5. The Morgan fingerprint density at radius 1 is 1.31 bits per heavy atom. The van der Waals surface area contributed by atoms with Gasteiger partial charge in [0.05, 0.1) is 12.7 Å². The van der Waals surface area contributed by atoms with Crippen LogP contribution < -0.4 is 0 Å². The van der Waals surface area contributed by atoms with E-state index in [2.05, 4.69) is 11.9 Å². The molecule has 1 unspecified atom stereocenters. The third-order valence-electron chi connectivity index (χ3n) is 3.04. The largest absolute Gasteiger partial charge is 0.380 e. The molecule has 0 aromatic heterocycles. The van der Waals surface area contributed by atoms with Gasteiger partial charge in [-0.3, -0.25) is 4.90 Å². The minimum atomic E-state index is 0.477. The van der Waals surface area contributed by atoms with E-state index in [1.807, 2.05) is 0 Å². The minimum Gasteiger partial charge on any atom is -0.380 e. The number of hydrogen-bond acceptors (Lipinski definition) is 3. The molecule has 0 radical (unpaired) electrons. The molecule has 0 amide bonds. The van der Waals surface area contributed by atoms with Crippen LogP contribution in [0.5, 0.6) is 0 Å². The van der Waals surface area contributed by atoms with Gasteiger partial charge in [-0.25, -0.2) is 0 Å². The van der Waals surface area contributed by atoms with Gasteiger partial charge in [0.15, 0.2) is 0 Å². The first kappa shape index (κ1) is 9.44. The highest BCUT2D eigenvalue weighted by Crippen LogP contribution is 2.16. The van der Waals surface area contributed by atoms with Crippen LogP contribution in [-0.2, 0) is 9.47 Å². The van der Waals surface area contributed by atoms with Gasteiger partial charge in [0.1, 0.15) is 0 Å². The second-order valence-electron chi connectivity index (χ2n) is 4.09. The van der Waals surface area contributed by atoms with Crippen molar-refractivity contribution in [1.82, 2.24) is 4.90 Å². The van der Waals surface area contributed by atoms with Gasteiger partial charge in [0.2, 0.25) is 0 Å². The second-order valence-corrected chi connectivity index (χ2v) is 4.09. The molecule has 0 aliphatic carbocycles. The van der Waals surface area contributed by atoms with E-state index in [0.717, 1.165) is 26.4 Å². The molecule has 2 rings (SSSR count). The Labute approximate surface area is 80.0 Å². The third-order valence-corrected chi connectivity index (χ3v) is 3.04. The fourth-order valence-corrected chi connectivity index (χ4v) is 2.13. The molecule has 0 bridgehead atoms. The second kappa shape index (κ2) is 4.40. The van der Waals surface area contributed by atoms with Gasteiger partial charge in [0.25, 0.3) is 0 Å². The van der Waals surface area contributed by atoms with Crippen molar-refractivity contribution in [3.63, 3.8) is 0 Å². The lowest BCUT2D eigenvalue weighted by molar-refractivity contribution is 0.0645. The van der Waals surface area contributed by atoms with Crippen LogP contribution in [0.4, 0.5) is 0 Å². The van der Waals surface area contributed by atoms with Gasteiger partial charge in [-0.05, 0) is 26.3 Å². The molecule has 0 saturated carbocycles. The maximum Gasteiger partial charge on any atom is 0.0702 e. The Morgan fingerprint density at radius 2 is 2.23 bits per heavy atom. The fraction of sp³-hybridized carbons (Fsp3) is 1.00. The lowest BCUT2D eigenvalue weighted by Gasteiger charge is -2.25. The highest BCUT2D eigenvalue weighted by Gasteiger charge is 2.24. The molecule has 3 heteroatoms. The quantitative estimate of drug-likeness (QED) is 0.651. The first-order valence-corrected chi connectivity index (χ1v) is 5.26. The maximum absolute atomic E-state index is 5.60. The zero-order valence-corrected chi connectivity index (χ0v) is 8.37. The molecule has 3 nitrogen and oxygen atoms in total. The molecular formula is C10H19NO2. The Bertz CT molecular complexity index is 151. The predicted octanol–water partition coefficient (Wildman–Crippen LogP) is 0.886. The molecule has 2 heterocycles. The normalized spacial score (nSPS) is 34.6. The summed E-state index contributed by atoms with van der Waals surface area (Å²) in [4.78, 5) is 2.39. The third kappa shape index (κ3) is 2.42. The van der Waals surface area contributed by atoms with E-state index in [9.17, 15) is 0 Å². The number of rotatable bonds is 3. The van der Waals surface area contributed by atoms with Crippen molar-refractivity contribution >= 4 is 0 Å². The Hall–Kier alpha value is -0.120. The zero-order chi connectivity index (χ0) is 9.10. The SMILES string of the molecule is CN(C[C@H]1CCCO1)C1CCOC1. The van der Waals surface area contributed by atoms with E-state index < -0.39 is 0 Å². The van der Waals surface area contributed by atoms with E-state index in [4.69, 9.17) is 9.47 Å². The predicted molar refractivity (Wildman–Crippen MR) is 50.8 cm³/mol. The first-order valence-electron chi connectivity index (χ1n) is 5.26. The van der Waals surface area contributed by atoms with Crippen LogP contribution in [0.15, 0.2) is 0 Å². The number of nitrogens with zero attached hydrogens (tertiary/aromatic N) is 1. The lowest BCUT2D eigenvalue weighted by atomic mass is 10.2. The monoisotopic (exact) mass is 185 g/mol. The average Bonchev–Trinajstić information content (AvgIpc) is 2.74. The van der Waals surface area contributed by atoms with Crippen LogP contribution in [-0.4, -0.2) is 50.5 Å². The van der Waals surface area contributed by atoms with E-state index in [0.29, 0.717) is 12.1 Å². The summed E-state index contributed by atoms with van der Waals surface area (Å²) in [5.41, 5.74) is 0. The van der Waals surface area contributed by atoms with Gasteiger partial charge in [0, 0.05) is 25.8 Å². The van der Waals surface area contributed by atoms with E-state index in [-0.39, 0.29) is 0 Å². The van der Waals surface area contributed by atoms with E-state index >= 15 is 0 Å². The molecule has 0 aromatic carbocycles. The standard InChI is InChI=1S/C10H19NO2/c1-11(9-4-6-12-8-9)7-10-3-2-5-13-10/h9-10H,2-8H2,1H3/t9?,10-/m1/s1. The van der Waals surface area contributed by atoms with Crippen LogP contribution in [0.1, 0.15) is 19.3 Å². The van der Waals surface area contributed by atoms with E-state index in [1.165, 1.54) is 19.3 Å². The van der Waals surface area contributed by atoms with E-state index in [1.54, 1.807) is 0 Å². The van der Waals surface area contributed by atoms with Crippen LogP contribution in [0.25, 0.3) is 0 Å². The van der Waals surface area contributed by atoms with Gasteiger partial charge in [-0.1, -0.05) is 0 Å². The Kier molecular flexibility index (Phi) is 3.19. The van der Waals surface area contributed by atoms with Gasteiger partial charge in [-0.15, -0.1) is 0 Å². The molecule has 0 N–H and O–H groups in total. The zero-order valence-electron chi connectivity index (χ0n) is 8.37. The summed E-state index contributed by atoms with van der Waals surface area (Å²) in [5, 5.41) is 0. The summed E-state index contributed by atoms with van der Waals surface area (Å²) < 4.78 is 11.0. The molecule has 76 valence electrons. The molecule has 2 aliphatic heterocycles. The topological polar surface area (TPSA) is 21.7 Å². The molecule has 2 fully saturated rings. The summed E-state index contributed by atoms with van der Waals surface area (Å²) in [6, 6.07) is 0.629. The number of likely N-dealkylation sites (N-methyl/N-ethyl adjacent to an activating group) is 1. The van der Waals surface area contributed by atoms with Crippen LogP contribution >= 0.6 is 0 Å². The maximum atomic E-state index is 5.60. The molecule has 2 aliphatic rings. The Balaban J connectivity index is 1.73. The van der Waals surface area contributed by atoms with Crippen molar-refractivity contribution in [2.45, 2.75) is 31.4 Å².